The molecule has 2 fully saturated rings. The fourth-order valence-corrected chi connectivity index (χ4v) is 8.26. The van der Waals surface area contributed by atoms with Crippen molar-refractivity contribution < 1.29 is 62.8 Å². The number of thioether (sulfide) groups is 1. The van der Waals surface area contributed by atoms with Gasteiger partial charge in [-0.1, -0.05) is 12.1 Å². The molecule has 2 saturated heterocycles. The van der Waals surface area contributed by atoms with Crippen molar-refractivity contribution in [3.8, 4) is 5.75 Å². The molecule has 6 rings (SSSR count). The molecule has 4 N–H and O–H groups in total. The number of aliphatic hydroxyl groups is 1. The first-order valence-corrected chi connectivity index (χ1v) is 22.6. The van der Waals surface area contributed by atoms with Gasteiger partial charge in [-0.3, -0.25) is 55.5 Å². The molecule has 71 heavy (non-hydrogen) atoms. The maximum atomic E-state index is 13.9. The standard InChI is InChI=1S/C45H47N9O16S/c1-67-37-16-8-31(9-17-37)27-71-38-19-39(51(23-38)45(60)70-26-30-6-14-35(15-7-30)54(65)66)41(57)50-21-32(22-50)47-40(56)18-36(55)20-46-42(48-43(58)68-24-28-2-10-33(11-3-28)52(61)62)49-44(59)69-25-29-4-12-34(13-5-29)53(63)64/h2-17,32,36,38-39,55H,18-27H2,1H3,(H,47,56)(H2,46,48,49,58,59)/t36?,38-,39-/m0/s1. The highest BCUT2D eigenvalue weighted by Crippen LogP contribution is 2.33. The Morgan fingerprint density at radius 3 is 1.63 bits per heavy atom. The molecule has 1 unspecified atom stereocenters. The van der Waals surface area contributed by atoms with E-state index in [1.807, 2.05) is 24.3 Å². The molecule has 0 aliphatic carbocycles. The molecular formula is C45H47N9O16S. The fraction of sp³-hybridized carbons (Fsp3) is 0.333. The van der Waals surface area contributed by atoms with Crippen LogP contribution in [0.1, 0.15) is 35.1 Å². The van der Waals surface area contributed by atoms with Crippen LogP contribution in [0, 0.1) is 30.3 Å². The molecule has 5 amide bonds. The van der Waals surface area contributed by atoms with Gasteiger partial charge in [-0.25, -0.2) is 19.4 Å². The van der Waals surface area contributed by atoms with Crippen LogP contribution < -0.4 is 20.7 Å². The van der Waals surface area contributed by atoms with Gasteiger partial charge in [0.25, 0.3) is 17.1 Å². The van der Waals surface area contributed by atoms with Crippen LogP contribution in [-0.2, 0) is 49.4 Å². The predicted molar refractivity (Wildman–Crippen MR) is 251 cm³/mol. The Balaban J connectivity index is 1.01. The van der Waals surface area contributed by atoms with E-state index in [9.17, 15) is 59.4 Å². The van der Waals surface area contributed by atoms with E-state index in [4.69, 9.17) is 18.9 Å². The van der Waals surface area contributed by atoms with E-state index in [0.29, 0.717) is 34.6 Å². The van der Waals surface area contributed by atoms with Crippen molar-refractivity contribution in [2.24, 2.45) is 4.99 Å². The molecule has 0 aromatic heterocycles. The first-order chi connectivity index (χ1) is 34.0. The molecule has 26 heteroatoms. The number of non-ortho nitro benzene ring substituents is 3. The van der Waals surface area contributed by atoms with E-state index < -0.39 is 76.1 Å². The van der Waals surface area contributed by atoms with Crippen LogP contribution in [-0.4, -0.2) is 122 Å². The third kappa shape index (κ3) is 15.6. The van der Waals surface area contributed by atoms with E-state index in [1.54, 1.807) is 18.9 Å². The summed E-state index contributed by atoms with van der Waals surface area (Å²) in [5.41, 5.74) is 1.83. The maximum Gasteiger partial charge on any atom is 0.414 e. The first kappa shape index (κ1) is 52.0. The lowest BCUT2D eigenvalue weighted by molar-refractivity contribution is -0.385. The van der Waals surface area contributed by atoms with Gasteiger partial charge in [-0.2, -0.15) is 11.8 Å². The second kappa shape index (κ2) is 24.8. The lowest BCUT2D eigenvalue weighted by Crippen LogP contribution is -2.64. The van der Waals surface area contributed by atoms with Crippen molar-refractivity contribution in [3.05, 3.63) is 150 Å². The van der Waals surface area contributed by atoms with Crippen LogP contribution in [0.15, 0.2) is 102 Å². The van der Waals surface area contributed by atoms with Crippen LogP contribution in [0.3, 0.4) is 0 Å². The van der Waals surface area contributed by atoms with E-state index >= 15 is 0 Å². The molecule has 0 bridgehead atoms. The number of likely N-dealkylation sites (tertiary alicyclic amines) is 2. The van der Waals surface area contributed by atoms with Crippen molar-refractivity contribution in [2.45, 2.75) is 61.9 Å². The summed E-state index contributed by atoms with van der Waals surface area (Å²) in [6, 6.07) is 22.0. The predicted octanol–water partition coefficient (Wildman–Crippen LogP) is 4.72. The van der Waals surface area contributed by atoms with Gasteiger partial charge in [-0.15, -0.1) is 0 Å². The normalized spacial score (nSPS) is 15.5. The minimum Gasteiger partial charge on any atom is -0.497 e. The summed E-state index contributed by atoms with van der Waals surface area (Å²) in [5, 5.41) is 50.7. The summed E-state index contributed by atoms with van der Waals surface area (Å²) in [4.78, 5) is 104. The molecule has 0 radical (unpaired) electrons. The zero-order chi connectivity index (χ0) is 51.0. The third-order valence-corrected chi connectivity index (χ3v) is 12.2. The minimum atomic E-state index is -1.45. The van der Waals surface area contributed by atoms with Crippen molar-refractivity contribution in [2.75, 3.05) is 33.3 Å². The largest absolute Gasteiger partial charge is 0.497 e. The van der Waals surface area contributed by atoms with Gasteiger partial charge in [0.15, 0.2) is 0 Å². The number of alkyl carbamates (subject to hydrolysis) is 2. The van der Waals surface area contributed by atoms with Crippen LogP contribution in [0.2, 0.25) is 0 Å². The number of rotatable bonds is 19. The number of methoxy groups -OCH3 is 1. The topological polar surface area (TPSA) is 327 Å². The number of aliphatic imine (C=N–C) groups is 1. The summed E-state index contributed by atoms with van der Waals surface area (Å²) in [6.45, 7) is -0.963. The number of guanidine groups is 1. The number of nitrogens with zero attached hydrogens (tertiary/aromatic N) is 6. The molecule has 0 spiro atoms. The Morgan fingerprint density at radius 2 is 1.17 bits per heavy atom. The first-order valence-electron chi connectivity index (χ1n) is 21.6. The highest BCUT2D eigenvalue weighted by molar-refractivity contribution is 7.99. The summed E-state index contributed by atoms with van der Waals surface area (Å²) in [6.07, 6.45) is -4.60. The SMILES string of the molecule is COc1ccc(CS[C@H]2C[C@@H](C(=O)N3CC(NC(=O)CC(O)CN=C(NC(=O)OCc4ccc([N+](=O)[O-])cc4)NC(=O)OCc4ccc([N+](=O)[O-])cc4)C3)N(C(=O)OCc3ccc([N+](=O)[O-])cc3)C2)cc1. The molecule has 3 atom stereocenters. The number of amides is 5. The quantitative estimate of drug-likeness (QED) is 0.0325. The van der Waals surface area contributed by atoms with Crippen molar-refractivity contribution >= 4 is 64.9 Å². The number of carbonyl (C=O) groups is 5. The van der Waals surface area contributed by atoms with E-state index in [2.05, 4.69) is 20.9 Å². The summed E-state index contributed by atoms with van der Waals surface area (Å²) in [7, 11) is 1.57. The lowest BCUT2D eigenvalue weighted by atomic mass is 10.1. The molecule has 2 heterocycles. The number of ether oxygens (including phenoxy) is 4. The minimum absolute atomic E-state index is 0.104. The highest BCUT2D eigenvalue weighted by Gasteiger charge is 2.45. The molecule has 25 nitrogen and oxygen atoms in total. The van der Waals surface area contributed by atoms with E-state index in [1.165, 1.54) is 82.6 Å². The highest BCUT2D eigenvalue weighted by atomic mass is 32.2. The number of nitrogens with one attached hydrogen (secondary N) is 3. The Morgan fingerprint density at radius 1 is 0.704 bits per heavy atom. The van der Waals surface area contributed by atoms with Crippen molar-refractivity contribution in [3.63, 3.8) is 0 Å². The second-order valence-corrected chi connectivity index (χ2v) is 17.3. The molecular weight excluding hydrogens is 955 g/mol. The zero-order valence-corrected chi connectivity index (χ0v) is 38.6. The zero-order valence-electron chi connectivity index (χ0n) is 37.8. The maximum absolute atomic E-state index is 13.9. The van der Waals surface area contributed by atoms with Gasteiger partial charge < -0.3 is 34.3 Å². The number of nitro benzene ring substituents is 3. The number of aliphatic hydroxyl groups excluding tert-OH is 1. The molecule has 374 valence electrons. The van der Waals surface area contributed by atoms with E-state index in [-0.39, 0.29) is 67.7 Å². The fourth-order valence-electron chi connectivity index (χ4n) is 7.06. The number of benzene rings is 4. The van der Waals surface area contributed by atoms with Crippen molar-refractivity contribution in [1.29, 1.82) is 0 Å². The van der Waals surface area contributed by atoms with Gasteiger partial charge in [-0.05, 0) is 77.2 Å². The Labute approximate surface area is 407 Å². The Kier molecular flexibility index (Phi) is 18.1. The van der Waals surface area contributed by atoms with Gasteiger partial charge in [0.1, 0.15) is 31.6 Å². The molecule has 4 aromatic rings. The van der Waals surface area contributed by atoms with Crippen LogP contribution in [0.4, 0.5) is 31.4 Å². The van der Waals surface area contributed by atoms with Crippen LogP contribution in [0.25, 0.3) is 0 Å². The molecule has 0 saturated carbocycles. The third-order valence-electron chi connectivity index (χ3n) is 10.9. The van der Waals surface area contributed by atoms with Gasteiger partial charge in [0.05, 0.1) is 47.0 Å². The smallest absolute Gasteiger partial charge is 0.414 e. The number of nitro groups is 3. The summed E-state index contributed by atoms with van der Waals surface area (Å²) < 4.78 is 21.1. The van der Waals surface area contributed by atoms with Crippen molar-refractivity contribution in [1.82, 2.24) is 25.8 Å². The van der Waals surface area contributed by atoms with Gasteiger partial charge in [0.2, 0.25) is 17.8 Å². The lowest BCUT2D eigenvalue weighted by Gasteiger charge is -2.41. The van der Waals surface area contributed by atoms with Crippen LogP contribution >= 0.6 is 11.8 Å². The summed E-state index contributed by atoms with van der Waals surface area (Å²) in [5.74, 6) is -0.199. The summed E-state index contributed by atoms with van der Waals surface area (Å²) >= 11 is 1.58. The Hall–Kier alpha value is -8.39. The van der Waals surface area contributed by atoms with Gasteiger partial charge >= 0.3 is 18.3 Å². The average molecular weight is 1000 g/mol. The van der Waals surface area contributed by atoms with E-state index in [0.717, 1.165) is 5.56 Å². The monoisotopic (exact) mass is 1000 g/mol. The molecule has 2 aliphatic heterocycles. The van der Waals surface area contributed by atoms with Gasteiger partial charge in [0, 0.05) is 67.0 Å². The van der Waals surface area contributed by atoms with Crippen LogP contribution in [0.5, 0.6) is 5.75 Å². The second-order valence-electron chi connectivity index (χ2n) is 16.0. The number of hydrogen-bond donors (Lipinski definition) is 4. The average Bonchev–Trinajstić information content (AvgIpc) is 3.79. The number of hydrogen-bond acceptors (Lipinski definition) is 18. The Bertz CT molecular complexity index is 2520. The number of carbonyl (C=O) groups excluding carboxylic acids is 5. The molecule has 4 aromatic carbocycles. The molecule has 2 aliphatic rings.